The highest BCUT2D eigenvalue weighted by Crippen LogP contribution is 2.13. The summed E-state index contributed by atoms with van der Waals surface area (Å²) in [5.74, 6) is 5.62. The third-order valence-corrected chi connectivity index (χ3v) is 4.32. The van der Waals surface area contributed by atoms with Gasteiger partial charge in [0.2, 0.25) is 0 Å². The molecule has 0 amide bonds. The van der Waals surface area contributed by atoms with Crippen LogP contribution in [0.15, 0.2) is 24.3 Å². The van der Waals surface area contributed by atoms with E-state index in [0.717, 1.165) is 5.56 Å². The van der Waals surface area contributed by atoms with Crippen LogP contribution >= 0.6 is 0 Å². The summed E-state index contributed by atoms with van der Waals surface area (Å²) in [6.07, 6.45) is 0. The Bertz CT molecular complexity index is 596. The lowest BCUT2D eigenvalue weighted by atomic mass is 10.2. The molecule has 0 unspecified atom stereocenters. The fourth-order valence-corrected chi connectivity index (χ4v) is 2.97. The van der Waals surface area contributed by atoms with Crippen LogP contribution in [0, 0.1) is 11.8 Å². The molecule has 1 aromatic carbocycles. The number of morpholine rings is 1. The van der Waals surface area contributed by atoms with Crippen LogP contribution in [0.1, 0.15) is 5.56 Å². The minimum absolute atomic E-state index is 0.297. The second-order valence-electron chi connectivity index (χ2n) is 4.20. The van der Waals surface area contributed by atoms with Gasteiger partial charge in [-0.3, -0.25) is 4.72 Å². The minimum Gasteiger partial charge on any atom is -0.379 e. The molecule has 1 fully saturated rings. The number of anilines is 1. The molecule has 0 radical (unpaired) electrons. The van der Waals surface area contributed by atoms with Gasteiger partial charge < -0.3 is 10.5 Å². The topological polar surface area (TPSA) is 84.7 Å². The van der Waals surface area contributed by atoms with Gasteiger partial charge in [0.25, 0.3) is 0 Å². The zero-order valence-corrected chi connectivity index (χ0v) is 11.8. The second-order valence-corrected chi connectivity index (χ2v) is 5.87. The molecule has 1 aliphatic heterocycles. The van der Waals surface area contributed by atoms with Crippen molar-refractivity contribution in [2.24, 2.45) is 5.73 Å². The summed E-state index contributed by atoms with van der Waals surface area (Å²) in [6.45, 7) is 1.89. The molecule has 1 aromatic rings. The Morgan fingerprint density at radius 2 is 1.90 bits per heavy atom. The van der Waals surface area contributed by atoms with Gasteiger partial charge in [-0.05, 0) is 24.3 Å². The molecular formula is C13H17N3O3S. The minimum atomic E-state index is -3.52. The summed E-state index contributed by atoms with van der Waals surface area (Å²) in [6, 6.07) is 6.86. The van der Waals surface area contributed by atoms with Gasteiger partial charge in [0.1, 0.15) is 0 Å². The Labute approximate surface area is 119 Å². The molecule has 108 valence electrons. The molecular weight excluding hydrogens is 278 g/mol. The average molecular weight is 295 g/mol. The second kappa shape index (κ2) is 6.72. The van der Waals surface area contributed by atoms with E-state index in [1.807, 2.05) is 0 Å². The molecule has 0 bridgehead atoms. The first-order chi connectivity index (χ1) is 9.62. The van der Waals surface area contributed by atoms with Crippen molar-refractivity contribution in [3.05, 3.63) is 29.8 Å². The summed E-state index contributed by atoms with van der Waals surface area (Å²) in [5, 5.41) is 0. The van der Waals surface area contributed by atoms with Gasteiger partial charge in [0.05, 0.1) is 19.8 Å². The van der Waals surface area contributed by atoms with Gasteiger partial charge in [-0.25, -0.2) is 0 Å². The van der Waals surface area contributed by atoms with Crippen molar-refractivity contribution in [3.8, 4) is 11.8 Å². The fraction of sp³-hybridized carbons (Fsp3) is 0.385. The van der Waals surface area contributed by atoms with E-state index in [4.69, 9.17) is 10.5 Å². The SMILES string of the molecule is NCC#Cc1ccc(NS(=O)(=O)N2CCOCC2)cc1. The van der Waals surface area contributed by atoms with Crippen LogP contribution < -0.4 is 10.5 Å². The van der Waals surface area contributed by atoms with Gasteiger partial charge >= 0.3 is 10.2 Å². The Morgan fingerprint density at radius 3 is 2.50 bits per heavy atom. The average Bonchev–Trinajstić information content (AvgIpc) is 2.47. The Morgan fingerprint density at radius 1 is 1.25 bits per heavy atom. The van der Waals surface area contributed by atoms with Crippen LogP contribution in [0.5, 0.6) is 0 Å². The van der Waals surface area contributed by atoms with Crippen molar-refractivity contribution in [2.45, 2.75) is 0 Å². The molecule has 0 atom stereocenters. The van der Waals surface area contributed by atoms with Crippen LogP contribution in [0.4, 0.5) is 5.69 Å². The van der Waals surface area contributed by atoms with Crippen LogP contribution in [-0.4, -0.2) is 45.6 Å². The van der Waals surface area contributed by atoms with Crippen molar-refractivity contribution >= 4 is 15.9 Å². The van der Waals surface area contributed by atoms with E-state index in [1.54, 1.807) is 24.3 Å². The standard InChI is InChI=1S/C13H17N3O3S/c14-7-1-2-12-3-5-13(6-4-12)15-20(17,18)16-8-10-19-11-9-16/h3-6,15H,7-11,14H2. The van der Waals surface area contributed by atoms with Crippen molar-refractivity contribution in [1.29, 1.82) is 0 Å². The molecule has 2 rings (SSSR count). The number of nitrogens with two attached hydrogens (primary N) is 1. The first kappa shape index (κ1) is 14.8. The molecule has 6 nitrogen and oxygen atoms in total. The van der Waals surface area contributed by atoms with Crippen LogP contribution in [0.25, 0.3) is 0 Å². The molecule has 0 spiro atoms. The number of hydrogen-bond acceptors (Lipinski definition) is 4. The number of nitrogens with one attached hydrogen (secondary N) is 1. The quantitative estimate of drug-likeness (QED) is 0.768. The van der Waals surface area contributed by atoms with E-state index < -0.39 is 10.2 Å². The normalized spacial score (nSPS) is 16.2. The highest BCUT2D eigenvalue weighted by Gasteiger charge is 2.23. The van der Waals surface area contributed by atoms with Crippen LogP contribution in [0.2, 0.25) is 0 Å². The molecule has 7 heteroatoms. The van der Waals surface area contributed by atoms with Gasteiger partial charge in [-0.2, -0.15) is 12.7 Å². The number of ether oxygens (including phenoxy) is 1. The summed E-state index contributed by atoms with van der Waals surface area (Å²) < 4.78 is 33.3. The highest BCUT2D eigenvalue weighted by atomic mass is 32.2. The molecule has 3 N–H and O–H groups in total. The largest absolute Gasteiger partial charge is 0.379 e. The smallest absolute Gasteiger partial charge is 0.301 e. The maximum atomic E-state index is 12.1. The van der Waals surface area contributed by atoms with Gasteiger partial charge in [0, 0.05) is 24.3 Å². The Balaban J connectivity index is 2.05. The van der Waals surface area contributed by atoms with E-state index in [2.05, 4.69) is 16.6 Å². The zero-order valence-electron chi connectivity index (χ0n) is 11.0. The van der Waals surface area contributed by atoms with E-state index in [1.165, 1.54) is 4.31 Å². The lowest BCUT2D eigenvalue weighted by Gasteiger charge is -2.26. The molecule has 0 saturated carbocycles. The van der Waals surface area contributed by atoms with Crippen LogP contribution in [-0.2, 0) is 14.9 Å². The predicted octanol–water partition coefficient (Wildman–Crippen LogP) is -0.0143. The van der Waals surface area contributed by atoms with Crippen molar-refractivity contribution in [1.82, 2.24) is 4.31 Å². The fourth-order valence-electron chi connectivity index (χ4n) is 1.78. The number of nitrogens with zero attached hydrogens (tertiary/aromatic N) is 1. The van der Waals surface area contributed by atoms with E-state index in [0.29, 0.717) is 38.5 Å². The monoisotopic (exact) mass is 295 g/mol. The Hall–Kier alpha value is -1.59. The lowest BCUT2D eigenvalue weighted by Crippen LogP contribution is -2.43. The zero-order chi connectivity index (χ0) is 14.4. The number of hydrogen-bond donors (Lipinski definition) is 2. The van der Waals surface area contributed by atoms with Gasteiger partial charge in [-0.1, -0.05) is 11.8 Å². The van der Waals surface area contributed by atoms with Gasteiger partial charge in [0.15, 0.2) is 0 Å². The molecule has 0 aromatic heterocycles. The van der Waals surface area contributed by atoms with Crippen molar-refractivity contribution < 1.29 is 13.2 Å². The number of rotatable bonds is 3. The summed E-state index contributed by atoms with van der Waals surface area (Å²) in [5.41, 5.74) is 6.60. The summed E-state index contributed by atoms with van der Waals surface area (Å²) >= 11 is 0. The van der Waals surface area contributed by atoms with E-state index >= 15 is 0 Å². The molecule has 1 aliphatic rings. The Kier molecular flexibility index (Phi) is 4.98. The predicted molar refractivity (Wildman–Crippen MR) is 77.3 cm³/mol. The molecule has 20 heavy (non-hydrogen) atoms. The van der Waals surface area contributed by atoms with E-state index in [9.17, 15) is 8.42 Å². The maximum absolute atomic E-state index is 12.1. The third kappa shape index (κ3) is 3.95. The molecule has 1 heterocycles. The maximum Gasteiger partial charge on any atom is 0.301 e. The highest BCUT2D eigenvalue weighted by molar-refractivity contribution is 7.90. The third-order valence-electron chi connectivity index (χ3n) is 2.78. The first-order valence-corrected chi connectivity index (χ1v) is 7.70. The first-order valence-electron chi connectivity index (χ1n) is 6.26. The van der Waals surface area contributed by atoms with Gasteiger partial charge in [-0.15, -0.1) is 0 Å². The van der Waals surface area contributed by atoms with Crippen molar-refractivity contribution in [3.63, 3.8) is 0 Å². The summed E-state index contributed by atoms with van der Waals surface area (Å²) in [7, 11) is -3.52. The lowest BCUT2D eigenvalue weighted by molar-refractivity contribution is 0.0733. The van der Waals surface area contributed by atoms with E-state index in [-0.39, 0.29) is 0 Å². The summed E-state index contributed by atoms with van der Waals surface area (Å²) in [4.78, 5) is 0. The number of benzene rings is 1. The molecule has 0 aliphatic carbocycles. The van der Waals surface area contributed by atoms with Crippen molar-refractivity contribution in [2.75, 3.05) is 37.6 Å². The molecule has 1 saturated heterocycles. The van der Waals surface area contributed by atoms with Crippen LogP contribution in [0.3, 0.4) is 0 Å².